The summed E-state index contributed by atoms with van der Waals surface area (Å²) >= 11 is 0. The summed E-state index contributed by atoms with van der Waals surface area (Å²) in [6.45, 7) is 12.0. The van der Waals surface area contributed by atoms with Gasteiger partial charge in [0.25, 0.3) is 0 Å². The molecule has 1 heterocycles. The fourth-order valence-corrected chi connectivity index (χ4v) is 8.02. The first-order chi connectivity index (χ1) is 13.4. The van der Waals surface area contributed by atoms with Crippen LogP contribution in [0.15, 0.2) is 0 Å². The van der Waals surface area contributed by atoms with Crippen LogP contribution in [0.3, 0.4) is 0 Å². The Morgan fingerprint density at radius 2 is 2.07 bits per heavy atom. The van der Waals surface area contributed by atoms with Gasteiger partial charge < -0.3 is 19.0 Å². The Hall–Kier alpha value is -0.873. The third-order valence-electron chi connectivity index (χ3n) is 9.42. The van der Waals surface area contributed by atoms with Gasteiger partial charge in [-0.15, -0.1) is 6.42 Å². The van der Waals surface area contributed by atoms with Crippen molar-refractivity contribution >= 4 is 14.3 Å². The molecule has 6 aliphatic rings. The fourth-order valence-electron chi connectivity index (χ4n) is 6.77. The number of carboxylic acids is 1. The lowest BCUT2D eigenvalue weighted by atomic mass is 9.28. The molecule has 0 aromatic carbocycles. The minimum absolute atomic E-state index is 0.00211. The van der Waals surface area contributed by atoms with Crippen LogP contribution in [0.2, 0.25) is 18.1 Å². The SMILES string of the molecule is C#CC(CCC12CCC3(CC1C(=O)O)CC2C31COCO1)O[Si](C)(C)C(C)(C)C. The number of hydrogen-bond donors (Lipinski definition) is 1. The molecule has 2 spiro atoms. The van der Waals surface area contributed by atoms with Gasteiger partial charge in [0.05, 0.1) is 12.5 Å². The zero-order chi connectivity index (χ0) is 21.3. The van der Waals surface area contributed by atoms with Gasteiger partial charge in [-0.25, -0.2) is 0 Å². The lowest BCUT2D eigenvalue weighted by Crippen LogP contribution is -2.79. The first-order valence-electron chi connectivity index (χ1n) is 11.0. The molecule has 5 aliphatic carbocycles. The summed E-state index contributed by atoms with van der Waals surface area (Å²) in [6, 6.07) is 0. The van der Waals surface area contributed by atoms with E-state index in [4.69, 9.17) is 20.3 Å². The van der Waals surface area contributed by atoms with Crippen LogP contribution in [0.1, 0.15) is 59.3 Å². The van der Waals surface area contributed by atoms with Crippen molar-refractivity contribution in [3.8, 4) is 12.3 Å². The average Bonchev–Trinajstić information content (AvgIpc) is 3.17. The second kappa shape index (κ2) is 6.56. The van der Waals surface area contributed by atoms with Gasteiger partial charge in [-0.3, -0.25) is 4.79 Å². The number of fused-ring (bicyclic) bond motifs is 1. The average molecular weight is 421 g/mol. The monoisotopic (exact) mass is 420 g/mol. The molecule has 6 fully saturated rings. The van der Waals surface area contributed by atoms with Crippen LogP contribution >= 0.6 is 0 Å². The molecule has 0 aromatic heterocycles. The first-order valence-corrected chi connectivity index (χ1v) is 13.9. The molecule has 162 valence electrons. The highest BCUT2D eigenvalue weighted by Gasteiger charge is 2.81. The van der Waals surface area contributed by atoms with E-state index in [1.807, 2.05) is 0 Å². The summed E-state index contributed by atoms with van der Waals surface area (Å²) in [5.74, 6) is 2.15. The predicted molar refractivity (Wildman–Crippen MR) is 113 cm³/mol. The molecule has 1 N–H and O–H groups in total. The molecule has 5 saturated carbocycles. The molecule has 0 radical (unpaired) electrons. The highest BCUT2D eigenvalue weighted by molar-refractivity contribution is 6.74. The minimum atomic E-state index is -1.98. The molecular weight excluding hydrogens is 384 g/mol. The van der Waals surface area contributed by atoms with Crippen LogP contribution < -0.4 is 0 Å². The molecule has 0 amide bonds. The quantitative estimate of drug-likeness (QED) is 0.509. The Bertz CT molecular complexity index is 725. The Morgan fingerprint density at radius 3 is 2.59 bits per heavy atom. The molecule has 6 atom stereocenters. The van der Waals surface area contributed by atoms with Crippen LogP contribution in [-0.2, 0) is 18.7 Å². The maximum Gasteiger partial charge on any atom is 0.307 e. The highest BCUT2D eigenvalue weighted by Crippen LogP contribution is 2.80. The Morgan fingerprint density at radius 1 is 1.34 bits per heavy atom. The second-order valence-corrected chi connectivity index (χ2v) is 16.2. The fraction of sp³-hybridized carbons (Fsp3) is 0.870. The Kier molecular flexibility index (Phi) is 4.83. The van der Waals surface area contributed by atoms with Crippen molar-refractivity contribution in [2.45, 2.75) is 89.1 Å². The maximum absolute atomic E-state index is 12.3. The zero-order valence-electron chi connectivity index (χ0n) is 18.5. The van der Waals surface area contributed by atoms with Crippen LogP contribution in [0.25, 0.3) is 0 Å². The van der Waals surface area contributed by atoms with Crippen molar-refractivity contribution in [2.75, 3.05) is 13.4 Å². The van der Waals surface area contributed by atoms with E-state index < -0.39 is 14.3 Å². The summed E-state index contributed by atoms with van der Waals surface area (Å²) in [6.07, 6.45) is 10.9. The number of ether oxygens (including phenoxy) is 2. The van der Waals surface area contributed by atoms with Crippen molar-refractivity contribution in [1.82, 2.24) is 0 Å². The third kappa shape index (κ3) is 2.81. The van der Waals surface area contributed by atoms with Crippen LogP contribution in [-0.4, -0.2) is 44.5 Å². The van der Waals surface area contributed by atoms with E-state index in [1.54, 1.807) is 0 Å². The molecule has 6 unspecified atom stereocenters. The second-order valence-electron chi connectivity index (χ2n) is 11.4. The number of carboxylic acid groups (broad SMARTS) is 1. The molecule has 1 saturated heterocycles. The van der Waals surface area contributed by atoms with Crippen molar-refractivity contribution < 1.29 is 23.8 Å². The van der Waals surface area contributed by atoms with E-state index in [0.717, 1.165) is 25.7 Å². The summed E-state index contributed by atoms with van der Waals surface area (Å²) in [5, 5.41) is 10.2. The van der Waals surface area contributed by atoms with Crippen LogP contribution in [0, 0.1) is 35.0 Å². The van der Waals surface area contributed by atoms with Crippen molar-refractivity contribution in [2.24, 2.45) is 22.7 Å². The van der Waals surface area contributed by atoms with Gasteiger partial charge in [0.15, 0.2) is 8.32 Å². The zero-order valence-corrected chi connectivity index (χ0v) is 19.5. The Labute approximate surface area is 176 Å². The van der Waals surface area contributed by atoms with Gasteiger partial charge >= 0.3 is 5.97 Å². The van der Waals surface area contributed by atoms with E-state index in [-0.39, 0.29) is 39.4 Å². The van der Waals surface area contributed by atoms with Gasteiger partial charge in [-0.2, -0.15) is 0 Å². The lowest BCUT2D eigenvalue weighted by molar-refractivity contribution is -0.341. The predicted octanol–water partition coefficient (Wildman–Crippen LogP) is 4.42. The number of rotatable bonds is 6. The van der Waals surface area contributed by atoms with E-state index in [9.17, 15) is 9.90 Å². The summed E-state index contributed by atoms with van der Waals surface area (Å²) in [4.78, 5) is 12.3. The van der Waals surface area contributed by atoms with Crippen LogP contribution in [0.5, 0.6) is 0 Å². The number of hydrogen-bond acceptors (Lipinski definition) is 4. The molecule has 6 rings (SSSR count). The van der Waals surface area contributed by atoms with E-state index in [2.05, 4.69) is 39.8 Å². The minimum Gasteiger partial charge on any atom is -0.481 e. The summed E-state index contributed by atoms with van der Waals surface area (Å²) in [7, 11) is -1.98. The standard InChI is InChI=1S/C23H36O5Si/c1-7-16(28-29(5,6)20(2,3)4)8-9-22-11-10-21(12-17(22)19(24)25)13-18(22)23(21)14-26-15-27-23/h1,16-18H,8-15H2,2-6H3,(H,24,25). The largest absolute Gasteiger partial charge is 0.481 e. The first kappa shape index (κ1) is 21.4. The lowest BCUT2D eigenvalue weighted by Gasteiger charge is -2.77. The van der Waals surface area contributed by atoms with Crippen LogP contribution in [0.4, 0.5) is 0 Å². The third-order valence-corrected chi connectivity index (χ3v) is 13.9. The van der Waals surface area contributed by atoms with E-state index in [0.29, 0.717) is 26.2 Å². The molecule has 29 heavy (non-hydrogen) atoms. The van der Waals surface area contributed by atoms with Gasteiger partial charge in [0.1, 0.15) is 18.5 Å². The molecular formula is C23H36O5Si. The van der Waals surface area contributed by atoms with E-state index in [1.165, 1.54) is 0 Å². The molecule has 6 heteroatoms. The molecule has 1 aliphatic heterocycles. The van der Waals surface area contributed by atoms with Crippen molar-refractivity contribution in [1.29, 1.82) is 0 Å². The van der Waals surface area contributed by atoms with Gasteiger partial charge in [0, 0.05) is 5.41 Å². The van der Waals surface area contributed by atoms with Crippen molar-refractivity contribution in [3.05, 3.63) is 0 Å². The maximum atomic E-state index is 12.3. The normalized spacial score (nSPS) is 41.8. The topological polar surface area (TPSA) is 65.0 Å². The molecule has 3 bridgehead atoms. The number of carbonyl (C=O) groups is 1. The molecule has 0 aromatic rings. The molecule has 5 nitrogen and oxygen atoms in total. The number of aliphatic carboxylic acids is 1. The number of terminal acetylenes is 1. The van der Waals surface area contributed by atoms with Gasteiger partial charge in [-0.1, -0.05) is 26.7 Å². The highest BCUT2D eigenvalue weighted by atomic mass is 28.4. The van der Waals surface area contributed by atoms with Gasteiger partial charge in [0.2, 0.25) is 0 Å². The van der Waals surface area contributed by atoms with Gasteiger partial charge in [-0.05, 0) is 68.0 Å². The summed E-state index contributed by atoms with van der Waals surface area (Å²) < 4.78 is 18.4. The smallest absolute Gasteiger partial charge is 0.307 e. The Balaban J connectivity index is 1.56. The van der Waals surface area contributed by atoms with E-state index >= 15 is 0 Å². The summed E-state index contributed by atoms with van der Waals surface area (Å²) in [5.41, 5.74) is -0.517. The van der Waals surface area contributed by atoms with Crippen molar-refractivity contribution in [3.63, 3.8) is 0 Å².